The van der Waals surface area contributed by atoms with Crippen LogP contribution in [0.15, 0.2) is 36.5 Å². The fourth-order valence-corrected chi connectivity index (χ4v) is 7.40. The second-order valence-corrected chi connectivity index (χ2v) is 16.9. The van der Waals surface area contributed by atoms with Gasteiger partial charge in [-0.1, -0.05) is 205 Å². The summed E-state index contributed by atoms with van der Waals surface area (Å²) in [4.78, 5) is 26.0. The van der Waals surface area contributed by atoms with Gasteiger partial charge < -0.3 is 20.3 Å². The number of hydrogen-bond donors (Lipinski definition) is 3. The summed E-state index contributed by atoms with van der Waals surface area (Å²) in [6.45, 7) is 6.42. The molecule has 0 spiro atoms. The van der Waals surface area contributed by atoms with Crippen LogP contribution in [0.4, 0.5) is 0 Å². The maximum absolute atomic E-state index is 13.2. The molecule has 57 heavy (non-hydrogen) atoms. The minimum absolute atomic E-state index is 0.0582. The Morgan fingerprint density at radius 1 is 0.509 bits per heavy atom. The molecular weight excluding hydrogens is 707 g/mol. The van der Waals surface area contributed by atoms with Crippen molar-refractivity contribution in [1.29, 1.82) is 0 Å². The molecule has 0 aliphatic rings. The van der Waals surface area contributed by atoms with E-state index >= 15 is 0 Å². The van der Waals surface area contributed by atoms with Crippen LogP contribution in [-0.2, 0) is 14.3 Å². The monoisotopic (exact) mass is 802 g/mol. The van der Waals surface area contributed by atoms with E-state index in [1.807, 2.05) is 0 Å². The highest BCUT2D eigenvalue weighted by atomic mass is 16.5. The lowest BCUT2D eigenvalue weighted by atomic mass is 10.0. The van der Waals surface area contributed by atoms with E-state index in [0.29, 0.717) is 19.3 Å². The topological polar surface area (TPSA) is 95.9 Å². The number of carbonyl (C=O) groups is 2. The lowest BCUT2D eigenvalue weighted by Crippen LogP contribution is -2.46. The third-order valence-corrected chi connectivity index (χ3v) is 11.2. The first-order chi connectivity index (χ1) is 28.0. The number of esters is 1. The third-order valence-electron chi connectivity index (χ3n) is 11.2. The number of allylic oxidation sites excluding steroid dienone is 6. The summed E-state index contributed by atoms with van der Waals surface area (Å²) >= 11 is 0. The van der Waals surface area contributed by atoms with Gasteiger partial charge in [-0.25, -0.2) is 0 Å². The molecule has 6 nitrogen and oxygen atoms in total. The molecule has 334 valence electrons. The number of rotatable bonds is 44. The van der Waals surface area contributed by atoms with Gasteiger partial charge in [0.1, 0.15) is 6.10 Å². The second kappa shape index (κ2) is 45.2. The van der Waals surface area contributed by atoms with E-state index in [1.165, 1.54) is 128 Å². The maximum Gasteiger partial charge on any atom is 0.306 e. The van der Waals surface area contributed by atoms with Crippen LogP contribution in [0, 0.1) is 0 Å². The molecule has 0 aliphatic heterocycles. The Kier molecular flexibility index (Phi) is 43.6. The number of carbonyl (C=O) groups excluding carboxylic acids is 2. The number of ether oxygens (including phenoxy) is 1. The van der Waals surface area contributed by atoms with Crippen molar-refractivity contribution in [3.63, 3.8) is 0 Å². The summed E-state index contributed by atoms with van der Waals surface area (Å²) < 4.78 is 5.90. The third kappa shape index (κ3) is 40.6. The number of hydrogen-bond acceptors (Lipinski definition) is 5. The highest BCUT2D eigenvalue weighted by Gasteiger charge is 2.24. The lowest BCUT2D eigenvalue weighted by molar-refractivity contribution is -0.151. The second-order valence-electron chi connectivity index (χ2n) is 16.9. The molecule has 1 amide bonds. The number of nitrogens with one attached hydrogen (secondary N) is 1. The molecule has 0 saturated carbocycles. The zero-order chi connectivity index (χ0) is 41.7. The highest BCUT2D eigenvalue weighted by molar-refractivity contribution is 5.77. The predicted molar refractivity (Wildman–Crippen MR) is 246 cm³/mol. The fourth-order valence-electron chi connectivity index (χ4n) is 7.40. The Morgan fingerprint density at radius 2 is 0.912 bits per heavy atom. The van der Waals surface area contributed by atoms with Crippen LogP contribution < -0.4 is 5.32 Å². The van der Waals surface area contributed by atoms with Gasteiger partial charge in [-0.2, -0.15) is 0 Å². The van der Waals surface area contributed by atoms with Crippen molar-refractivity contribution in [2.24, 2.45) is 0 Å². The molecule has 0 rings (SSSR count). The van der Waals surface area contributed by atoms with Crippen molar-refractivity contribution >= 4 is 11.9 Å². The summed E-state index contributed by atoms with van der Waals surface area (Å²) in [5.41, 5.74) is 0. The summed E-state index contributed by atoms with van der Waals surface area (Å²) in [5, 5.41) is 23.7. The maximum atomic E-state index is 13.2. The molecule has 3 unspecified atom stereocenters. The van der Waals surface area contributed by atoms with Crippen LogP contribution in [0.5, 0.6) is 0 Å². The van der Waals surface area contributed by atoms with Gasteiger partial charge in [0.05, 0.1) is 25.2 Å². The molecule has 3 atom stereocenters. The van der Waals surface area contributed by atoms with Gasteiger partial charge in [0, 0.05) is 6.42 Å². The van der Waals surface area contributed by atoms with Crippen LogP contribution in [-0.4, -0.2) is 46.9 Å². The van der Waals surface area contributed by atoms with Crippen molar-refractivity contribution < 1.29 is 24.5 Å². The Balaban J connectivity index is 4.64. The minimum atomic E-state index is -0.793. The van der Waals surface area contributed by atoms with E-state index in [4.69, 9.17) is 4.74 Å². The van der Waals surface area contributed by atoms with Crippen LogP contribution in [0.2, 0.25) is 0 Å². The SMILES string of the molecule is CCCC/C=C\CCCCCCCC(=O)OC(CCCCC/C=C/C=C/CCCCCCCCC)CC(=O)NC(CO)C(O)CCCCCCCCCCCCC. The van der Waals surface area contributed by atoms with Crippen LogP contribution >= 0.6 is 0 Å². The molecule has 0 heterocycles. The van der Waals surface area contributed by atoms with Crippen molar-refractivity contribution in [3.8, 4) is 0 Å². The van der Waals surface area contributed by atoms with E-state index in [-0.39, 0.29) is 24.9 Å². The largest absolute Gasteiger partial charge is 0.462 e. The Hall–Kier alpha value is -1.92. The van der Waals surface area contributed by atoms with Crippen molar-refractivity contribution in [1.82, 2.24) is 5.32 Å². The van der Waals surface area contributed by atoms with Crippen molar-refractivity contribution in [3.05, 3.63) is 36.5 Å². The van der Waals surface area contributed by atoms with Crippen molar-refractivity contribution in [2.45, 2.75) is 270 Å². The number of amides is 1. The molecule has 0 bridgehead atoms. The Morgan fingerprint density at radius 3 is 1.42 bits per heavy atom. The molecule has 0 aromatic rings. The van der Waals surface area contributed by atoms with Gasteiger partial charge in [-0.15, -0.1) is 0 Å². The zero-order valence-electron chi connectivity index (χ0n) is 38.0. The average molecular weight is 802 g/mol. The van der Waals surface area contributed by atoms with E-state index in [9.17, 15) is 19.8 Å². The highest BCUT2D eigenvalue weighted by Crippen LogP contribution is 2.17. The fraction of sp³-hybridized carbons (Fsp3) is 0.843. The smallest absolute Gasteiger partial charge is 0.306 e. The van der Waals surface area contributed by atoms with E-state index in [2.05, 4.69) is 62.5 Å². The molecule has 0 aliphatic carbocycles. The molecule has 0 aromatic heterocycles. The predicted octanol–water partition coefficient (Wildman–Crippen LogP) is 14.5. The first kappa shape index (κ1) is 55.1. The van der Waals surface area contributed by atoms with Gasteiger partial charge in [0.25, 0.3) is 0 Å². The van der Waals surface area contributed by atoms with Crippen LogP contribution in [0.3, 0.4) is 0 Å². The quantitative estimate of drug-likeness (QED) is 0.0247. The van der Waals surface area contributed by atoms with Gasteiger partial charge in [-0.05, 0) is 70.6 Å². The Labute approximate surface area is 353 Å². The Bertz CT molecular complexity index is 946. The van der Waals surface area contributed by atoms with Gasteiger partial charge in [0.2, 0.25) is 5.91 Å². The first-order valence-electron chi connectivity index (χ1n) is 24.7. The average Bonchev–Trinajstić information content (AvgIpc) is 3.20. The molecule has 0 fully saturated rings. The van der Waals surface area contributed by atoms with E-state index in [1.54, 1.807) is 0 Å². The lowest BCUT2D eigenvalue weighted by Gasteiger charge is -2.24. The zero-order valence-corrected chi connectivity index (χ0v) is 38.0. The van der Waals surface area contributed by atoms with Crippen LogP contribution in [0.25, 0.3) is 0 Å². The number of unbranched alkanes of at least 4 members (excludes halogenated alkanes) is 27. The van der Waals surface area contributed by atoms with Gasteiger partial charge >= 0.3 is 5.97 Å². The van der Waals surface area contributed by atoms with Gasteiger partial charge in [-0.3, -0.25) is 9.59 Å². The molecule has 0 saturated heterocycles. The van der Waals surface area contributed by atoms with E-state index < -0.39 is 18.2 Å². The van der Waals surface area contributed by atoms with Gasteiger partial charge in [0.15, 0.2) is 0 Å². The summed E-state index contributed by atoms with van der Waals surface area (Å²) in [5.74, 6) is -0.507. The molecule has 0 aromatic carbocycles. The summed E-state index contributed by atoms with van der Waals surface area (Å²) in [7, 11) is 0. The normalized spacial score (nSPS) is 13.6. The number of aliphatic hydroxyl groups is 2. The summed E-state index contributed by atoms with van der Waals surface area (Å²) in [6, 6.07) is -0.708. The van der Waals surface area contributed by atoms with Crippen LogP contribution in [0.1, 0.15) is 252 Å². The molecular formula is C51H95NO5. The molecule has 3 N–H and O–H groups in total. The molecule has 0 radical (unpaired) electrons. The van der Waals surface area contributed by atoms with Crippen molar-refractivity contribution in [2.75, 3.05) is 6.61 Å². The molecule has 6 heteroatoms. The summed E-state index contributed by atoms with van der Waals surface area (Å²) in [6.07, 6.45) is 52.0. The van der Waals surface area contributed by atoms with E-state index in [0.717, 1.165) is 77.0 Å². The minimum Gasteiger partial charge on any atom is -0.462 e. The number of aliphatic hydroxyl groups excluding tert-OH is 2. The first-order valence-corrected chi connectivity index (χ1v) is 24.7. The standard InChI is InChI=1S/C51H95NO5/c1-4-7-10-13-16-19-22-23-24-25-26-29-30-33-36-39-42-47(57-51(56)44-41-38-35-32-28-21-18-15-12-9-6-3)45-50(55)52-48(46-53)49(54)43-40-37-34-31-27-20-17-14-11-8-5-2/h15,18,24-26,29,47-49,53-54H,4-14,16-17,19-23,27-28,30-46H2,1-3H3,(H,52,55)/b18-15-,25-24+,29-26+.